The second-order valence-corrected chi connectivity index (χ2v) is 6.64. The van der Waals surface area contributed by atoms with Crippen LogP contribution in [0.2, 0.25) is 0 Å². The highest BCUT2D eigenvalue weighted by Gasteiger charge is 2.16. The molecule has 0 saturated carbocycles. The SMILES string of the molecule is COc1ccc(-c2ccc(C)s2)c2sc(NC(=O)O)nc12. The molecule has 3 aromatic rings. The minimum Gasteiger partial charge on any atom is -0.494 e. The molecule has 1 amide bonds. The van der Waals surface area contributed by atoms with Gasteiger partial charge in [0.2, 0.25) is 0 Å². The Morgan fingerprint density at radius 3 is 2.71 bits per heavy atom. The van der Waals surface area contributed by atoms with Crippen LogP contribution in [0, 0.1) is 6.92 Å². The first kappa shape index (κ1) is 13.8. The molecule has 0 unspecified atom stereocenters. The zero-order valence-electron chi connectivity index (χ0n) is 11.3. The fourth-order valence-corrected chi connectivity index (χ4v) is 4.03. The van der Waals surface area contributed by atoms with E-state index in [-0.39, 0.29) is 0 Å². The maximum absolute atomic E-state index is 10.8. The van der Waals surface area contributed by atoms with Crippen LogP contribution in [0.3, 0.4) is 0 Å². The molecule has 108 valence electrons. The molecule has 3 rings (SSSR count). The predicted octanol–water partition coefficient (Wildman–Crippen LogP) is 4.43. The smallest absolute Gasteiger partial charge is 0.410 e. The second kappa shape index (κ2) is 5.34. The molecule has 0 atom stereocenters. The number of thiazole rings is 1. The van der Waals surface area contributed by atoms with Crippen molar-refractivity contribution < 1.29 is 14.6 Å². The average Bonchev–Trinajstić information content (AvgIpc) is 3.02. The molecule has 0 aliphatic carbocycles. The third-order valence-electron chi connectivity index (χ3n) is 2.95. The quantitative estimate of drug-likeness (QED) is 0.749. The van der Waals surface area contributed by atoms with Crippen LogP contribution in [0.25, 0.3) is 20.7 Å². The van der Waals surface area contributed by atoms with Crippen molar-refractivity contribution in [2.45, 2.75) is 6.92 Å². The van der Waals surface area contributed by atoms with Crippen LogP contribution < -0.4 is 10.1 Å². The molecule has 2 N–H and O–H groups in total. The normalized spacial score (nSPS) is 10.8. The van der Waals surface area contributed by atoms with Crippen LogP contribution >= 0.6 is 22.7 Å². The summed E-state index contributed by atoms with van der Waals surface area (Å²) in [7, 11) is 1.58. The summed E-state index contributed by atoms with van der Waals surface area (Å²) in [5.74, 6) is 0.636. The number of ether oxygens (including phenoxy) is 1. The zero-order chi connectivity index (χ0) is 15.0. The maximum atomic E-state index is 10.8. The summed E-state index contributed by atoms with van der Waals surface area (Å²) in [6.07, 6.45) is -1.12. The molecule has 2 aromatic heterocycles. The molecule has 2 heterocycles. The number of anilines is 1. The van der Waals surface area contributed by atoms with Gasteiger partial charge in [0.15, 0.2) is 5.13 Å². The Morgan fingerprint density at radius 1 is 1.29 bits per heavy atom. The van der Waals surface area contributed by atoms with Gasteiger partial charge in [0, 0.05) is 15.3 Å². The van der Waals surface area contributed by atoms with Crippen LogP contribution in [-0.2, 0) is 0 Å². The number of nitrogens with zero attached hydrogens (tertiary/aromatic N) is 1. The third kappa shape index (κ3) is 2.57. The fraction of sp³-hybridized carbons (Fsp3) is 0.143. The number of hydrogen-bond donors (Lipinski definition) is 2. The molecule has 0 aliphatic rings. The Hall–Kier alpha value is -2.12. The number of methoxy groups -OCH3 is 1. The number of fused-ring (bicyclic) bond motifs is 1. The van der Waals surface area contributed by atoms with Crippen molar-refractivity contribution in [1.82, 2.24) is 4.98 Å². The molecule has 21 heavy (non-hydrogen) atoms. The van der Waals surface area contributed by atoms with Gasteiger partial charge in [-0.3, -0.25) is 5.32 Å². The summed E-state index contributed by atoms with van der Waals surface area (Å²) in [4.78, 5) is 17.5. The lowest BCUT2D eigenvalue weighted by Crippen LogP contribution is -2.06. The van der Waals surface area contributed by atoms with Crippen molar-refractivity contribution in [2.75, 3.05) is 12.4 Å². The lowest BCUT2D eigenvalue weighted by molar-refractivity contribution is 0.209. The molecule has 0 fully saturated rings. The lowest BCUT2D eigenvalue weighted by atomic mass is 10.1. The Labute approximate surface area is 128 Å². The first-order chi connectivity index (χ1) is 10.1. The van der Waals surface area contributed by atoms with Crippen molar-refractivity contribution >= 4 is 44.1 Å². The monoisotopic (exact) mass is 320 g/mol. The standard InChI is InChI=1S/C14H12N2O3S2/c1-7-3-6-10(20-7)8-4-5-9(19-2)11-12(8)21-13(15-11)16-14(17)18/h3-6H,1-2H3,(H,15,16)(H,17,18). The largest absolute Gasteiger partial charge is 0.494 e. The zero-order valence-corrected chi connectivity index (χ0v) is 13.0. The molecule has 0 saturated heterocycles. The number of carboxylic acid groups (broad SMARTS) is 1. The Morgan fingerprint density at radius 2 is 2.10 bits per heavy atom. The van der Waals surface area contributed by atoms with E-state index in [1.54, 1.807) is 18.4 Å². The molecule has 7 heteroatoms. The number of nitrogens with one attached hydrogen (secondary N) is 1. The highest BCUT2D eigenvalue weighted by atomic mass is 32.1. The summed E-state index contributed by atoms with van der Waals surface area (Å²) in [5, 5.41) is 11.5. The minimum atomic E-state index is -1.12. The van der Waals surface area contributed by atoms with E-state index in [2.05, 4.69) is 29.4 Å². The summed E-state index contributed by atoms with van der Waals surface area (Å²) in [6, 6.07) is 7.96. The van der Waals surface area contributed by atoms with Gasteiger partial charge in [0.1, 0.15) is 11.3 Å². The van der Waals surface area contributed by atoms with Crippen molar-refractivity contribution in [1.29, 1.82) is 0 Å². The minimum absolute atomic E-state index is 0.344. The lowest BCUT2D eigenvalue weighted by Gasteiger charge is -2.03. The molecule has 0 radical (unpaired) electrons. The second-order valence-electron chi connectivity index (χ2n) is 4.35. The Bertz CT molecular complexity index is 823. The number of amides is 1. The first-order valence-corrected chi connectivity index (χ1v) is 7.76. The van der Waals surface area contributed by atoms with E-state index < -0.39 is 6.09 Å². The Balaban J connectivity index is 2.21. The van der Waals surface area contributed by atoms with E-state index in [4.69, 9.17) is 9.84 Å². The van der Waals surface area contributed by atoms with E-state index in [9.17, 15) is 4.79 Å². The molecule has 0 aliphatic heterocycles. The molecular formula is C14H12N2O3S2. The summed E-state index contributed by atoms with van der Waals surface area (Å²) < 4.78 is 6.23. The summed E-state index contributed by atoms with van der Waals surface area (Å²) in [5.41, 5.74) is 1.72. The predicted molar refractivity (Wildman–Crippen MR) is 85.9 cm³/mol. The topological polar surface area (TPSA) is 71.5 Å². The number of carbonyl (C=O) groups is 1. The first-order valence-electron chi connectivity index (χ1n) is 6.13. The molecule has 1 aromatic carbocycles. The van der Waals surface area contributed by atoms with Crippen LogP contribution in [0.1, 0.15) is 4.88 Å². The third-order valence-corrected chi connectivity index (χ3v) is 4.98. The van der Waals surface area contributed by atoms with Crippen molar-refractivity contribution in [2.24, 2.45) is 0 Å². The molecular weight excluding hydrogens is 308 g/mol. The van der Waals surface area contributed by atoms with Crippen LogP contribution in [-0.4, -0.2) is 23.3 Å². The number of benzene rings is 1. The number of aryl methyl sites for hydroxylation is 1. The summed E-state index contributed by atoms with van der Waals surface area (Å²) in [6.45, 7) is 2.05. The molecule has 0 bridgehead atoms. The number of rotatable bonds is 3. The van der Waals surface area contributed by atoms with Gasteiger partial charge in [-0.2, -0.15) is 0 Å². The van der Waals surface area contributed by atoms with Crippen molar-refractivity contribution in [3.8, 4) is 16.2 Å². The average molecular weight is 320 g/mol. The van der Waals surface area contributed by atoms with E-state index in [0.717, 1.165) is 15.1 Å². The van der Waals surface area contributed by atoms with Gasteiger partial charge in [-0.1, -0.05) is 11.3 Å². The van der Waals surface area contributed by atoms with E-state index in [0.29, 0.717) is 16.4 Å². The number of thiophene rings is 1. The van der Waals surface area contributed by atoms with Gasteiger partial charge in [-0.05, 0) is 31.2 Å². The highest BCUT2D eigenvalue weighted by Crippen LogP contribution is 2.41. The van der Waals surface area contributed by atoms with E-state index in [1.165, 1.54) is 16.2 Å². The van der Waals surface area contributed by atoms with Gasteiger partial charge in [-0.15, -0.1) is 11.3 Å². The van der Waals surface area contributed by atoms with Crippen LogP contribution in [0.4, 0.5) is 9.93 Å². The van der Waals surface area contributed by atoms with Gasteiger partial charge >= 0.3 is 6.09 Å². The van der Waals surface area contributed by atoms with Gasteiger partial charge < -0.3 is 9.84 Å². The maximum Gasteiger partial charge on any atom is 0.410 e. The highest BCUT2D eigenvalue weighted by molar-refractivity contribution is 7.23. The Kier molecular flexibility index (Phi) is 3.52. The van der Waals surface area contributed by atoms with Crippen LogP contribution in [0.5, 0.6) is 5.75 Å². The van der Waals surface area contributed by atoms with Gasteiger partial charge in [0.05, 0.1) is 11.8 Å². The van der Waals surface area contributed by atoms with E-state index >= 15 is 0 Å². The van der Waals surface area contributed by atoms with Crippen molar-refractivity contribution in [3.63, 3.8) is 0 Å². The fourth-order valence-electron chi connectivity index (χ4n) is 2.07. The number of hydrogen-bond acceptors (Lipinski definition) is 5. The summed E-state index contributed by atoms with van der Waals surface area (Å²) >= 11 is 3.00. The molecule has 5 nitrogen and oxygen atoms in total. The van der Waals surface area contributed by atoms with E-state index in [1.807, 2.05) is 12.1 Å². The van der Waals surface area contributed by atoms with Crippen LogP contribution in [0.15, 0.2) is 24.3 Å². The number of aromatic nitrogens is 1. The van der Waals surface area contributed by atoms with Crippen molar-refractivity contribution in [3.05, 3.63) is 29.1 Å². The van der Waals surface area contributed by atoms with Gasteiger partial charge in [0.25, 0.3) is 0 Å². The van der Waals surface area contributed by atoms with Gasteiger partial charge in [-0.25, -0.2) is 9.78 Å². The molecule has 0 spiro atoms.